The van der Waals surface area contributed by atoms with Gasteiger partial charge in [0.2, 0.25) is 0 Å². The summed E-state index contributed by atoms with van der Waals surface area (Å²) >= 11 is 0. The largest absolute Gasteiger partial charge is 0.341 e. The van der Waals surface area contributed by atoms with Crippen LogP contribution in [0.5, 0.6) is 0 Å². The zero-order chi connectivity index (χ0) is 20.3. The van der Waals surface area contributed by atoms with E-state index >= 15 is 0 Å². The fourth-order valence-electron chi connectivity index (χ4n) is 3.98. The summed E-state index contributed by atoms with van der Waals surface area (Å²) in [5.74, 6) is 0. The third kappa shape index (κ3) is 4.07. The topological polar surface area (TPSA) is 47.4 Å². The number of anilines is 2. The molecule has 29 heavy (non-hydrogen) atoms. The summed E-state index contributed by atoms with van der Waals surface area (Å²) in [5, 5.41) is 0. The summed E-state index contributed by atoms with van der Waals surface area (Å²) in [6.07, 6.45) is 2.90. The van der Waals surface area contributed by atoms with Crippen molar-refractivity contribution in [2.45, 2.75) is 24.2 Å². The first-order valence-corrected chi connectivity index (χ1v) is 11.6. The highest BCUT2D eigenvalue weighted by Gasteiger charge is 2.21. The van der Waals surface area contributed by atoms with Crippen LogP contribution < -0.4 is 4.90 Å². The molecule has 1 atom stereocenters. The van der Waals surface area contributed by atoms with E-state index in [1.165, 1.54) is 22.5 Å². The molecule has 0 amide bonds. The smallest absolute Gasteiger partial charge is 0.136 e. The van der Waals surface area contributed by atoms with E-state index in [0.29, 0.717) is 11.4 Å². The van der Waals surface area contributed by atoms with Crippen molar-refractivity contribution in [3.63, 3.8) is 0 Å². The van der Waals surface area contributed by atoms with Crippen LogP contribution in [0.1, 0.15) is 17.5 Å². The maximum Gasteiger partial charge on any atom is 0.136 e. The summed E-state index contributed by atoms with van der Waals surface area (Å²) < 4.78 is 23.1. The number of nitrogens with zero attached hydrogens (tertiary/aromatic N) is 2. The first-order valence-electron chi connectivity index (χ1n) is 10.1. The van der Waals surface area contributed by atoms with Crippen molar-refractivity contribution in [1.82, 2.24) is 4.31 Å². The summed E-state index contributed by atoms with van der Waals surface area (Å²) in [4.78, 5) is 2.95. The Balaban J connectivity index is 1.53. The number of hydrogen-bond donors (Lipinski definition) is 1. The molecule has 0 saturated carbocycles. The third-order valence-corrected chi connectivity index (χ3v) is 7.56. The van der Waals surface area contributed by atoms with E-state index in [-0.39, 0.29) is 0 Å². The second kappa shape index (κ2) is 8.39. The number of fused-ring (bicyclic) bond motifs is 2. The quantitative estimate of drug-likeness (QED) is 0.608. The second-order valence-corrected chi connectivity index (χ2v) is 9.60. The van der Waals surface area contributed by atoms with Crippen molar-refractivity contribution in [2.24, 2.45) is 0 Å². The van der Waals surface area contributed by atoms with Gasteiger partial charge in [0.05, 0.1) is 4.90 Å². The van der Waals surface area contributed by atoms with Crippen LogP contribution in [0.25, 0.3) is 0 Å². The highest BCUT2D eigenvalue weighted by Crippen LogP contribution is 2.35. The van der Waals surface area contributed by atoms with Gasteiger partial charge in [0.1, 0.15) is 9.92 Å². The Morgan fingerprint density at radius 2 is 1.38 bits per heavy atom. The number of hydrogen-bond acceptors (Lipinski definition) is 3. The van der Waals surface area contributed by atoms with Gasteiger partial charge >= 0.3 is 0 Å². The van der Waals surface area contributed by atoms with Crippen molar-refractivity contribution < 1.29 is 4.21 Å². The van der Waals surface area contributed by atoms with Gasteiger partial charge in [-0.15, -0.1) is 0 Å². The van der Waals surface area contributed by atoms with Gasteiger partial charge in [-0.2, -0.15) is 0 Å². The standard InChI is InChI=1S/C24H27N3OS/c1-26(29(25,28)22-12-3-2-4-13-22)18-9-19-27-23-14-7-5-10-20(23)16-17-21-11-6-8-15-24(21)27/h2-8,10-15,25H,9,16-19H2,1H3. The molecular weight excluding hydrogens is 378 g/mol. The molecule has 0 radical (unpaired) electrons. The van der Waals surface area contributed by atoms with E-state index in [2.05, 4.69) is 53.4 Å². The van der Waals surface area contributed by atoms with Gasteiger partial charge in [0, 0.05) is 31.5 Å². The monoisotopic (exact) mass is 405 g/mol. The fraction of sp³-hybridized carbons (Fsp3) is 0.250. The van der Waals surface area contributed by atoms with Crippen LogP contribution in [-0.4, -0.2) is 28.7 Å². The van der Waals surface area contributed by atoms with Gasteiger partial charge in [0.15, 0.2) is 0 Å². The van der Waals surface area contributed by atoms with Crippen molar-refractivity contribution in [3.8, 4) is 0 Å². The first-order chi connectivity index (χ1) is 14.1. The maximum atomic E-state index is 13.0. The van der Waals surface area contributed by atoms with Crippen LogP contribution in [-0.2, 0) is 22.8 Å². The van der Waals surface area contributed by atoms with Crippen molar-refractivity contribution >= 4 is 21.3 Å². The van der Waals surface area contributed by atoms with E-state index in [1.54, 1.807) is 23.5 Å². The Morgan fingerprint density at radius 1 is 0.862 bits per heavy atom. The lowest BCUT2D eigenvalue weighted by molar-refractivity contribution is 0.500. The van der Waals surface area contributed by atoms with Crippen LogP contribution in [0.15, 0.2) is 83.8 Å². The van der Waals surface area contributed by atoms with Crippen molar-refractivity contribution in [2.75, 3.05) is 25.0 Å². The Morgan fingerprint density at radius 3 is 1.97 bits per heavy atom. The minimum atomic E-state index is -2.96. The van der Waals surface area contributed by atoms with Crippen molar-refractivity contribution in [3.05, 3.63) is 90.0 Å². The number of rotatable bonds is 6. The second-order valence-electron chi connectivity index (χ2n) is 7.45. The molecule has 1 heterocycles. The molecule has 1 aliphatic rings. The molecule has 5 heteroatoms. The van der Waals surface area contributed by atoms with Gasteiger partial charge in [0.25, 0.3) is 0 Å². The molecule has 0 aromatic heterocycles. The SMILES string of the molecule is CN(CCCN1c2ccccc2CCc2ccccc21)S(=N)(=O)c1ccccc1. The Kier molecular flexibility index (Phi) is 5.69. The number of benzene rings is 3. The zero-order valence-electron chi connectivity index (χ0n) is 16.8. The van der Waals surface area contributed by atoms with Crippen LogP contribution in [0, 0.1) is 4.78 Å². The molecule has 0 saturated heterocycles. The summed E-state index contributed by atoms with van der Waals surface area (Å²) in [5.41, 5.74) is 5.25. The van der Waals surface area contributed by atoms with Gasteiger partial charge < -0.3 is 4.90 Å². The summed E-state index contributed by atoms with van der Waals surface area (Å²) in [7, 11) is -1.17. The Hall–Kier alpha value is -2.63. The number of para-hydroxylation sites is 2. The lowest BCUT2D eigenvalue weighted by Crippen LogP contribution is -2.30. The molecule has 1 aliphatic heterocycles. The molecule has 3 aromatic rings. The van der Waals surface area contributed by atoms with Crippen LogP contribution in [0.2, 0.25) is 0 Å². The van der Waals surface area contributed by atoms with Crippen LogP contribution >= 0.6 is 0 Å². The predicted octanol–water partition coefficient (Wildman–Crippen LogP) is 5.27. The van der Waals surface area contributed by atoms with E-state index in [4.69, 9.17) is 4.78 Å². The number of aryl methyl sites for hydroxylation is 2. The average Bonchev–Trinajstić information content (AvgIpc) is 2.91. The molecule has 0 fully saturated rings. The third-order valence-electron chi connectivity index (χ3n) is 5.58. The molecule has 0 spiro atoms. The molecule has 0 bridgehead atoms. The van der Waals surface area contributed by atoms with E-state index in [9.17, 15) is 4.21 Å². The van der Waals surface area contributed by atoms with E-state index < -0.39 is 9.92 Å². The molecular formula is C24H27N3OS. The molecule has 1 N–H and O–H groups in total. The molecule has 3 aromatic carbocycles. The lowest BCUT2D eigenvalue weighted by Gasteiger charge is -2.28. The minimum Gasteiger partial charge on any atom is -0.341 e. The maximum absolute atomic E-state index is 13.0. The van der Waals surface area contributed by atoms with Gasteiger partial charge in [-0.05, 0) is 54.7 Å². The summed E-state index contributed by atoms with van der Waals surface area (Å²) in [6, 6.07) is 26.3. The van der Waals surface area contributed by atoms with Crippen LogP contribution in [0.4, 0.5) is 11.4 Å². The molecule has 0 aliphatic carbocycles. The highest BCUT2D eigenvalue weighted by molar-refractivity contribution is 7.90. The van der Waals surface area contributed by atoms with E-state index in [0.717, 1.165) is 25.8 Å². The number of nitrogens with one attached hydrogen (secondary N) is 1. The van der Waals surface area contributed by atoms with Gasteiger partial charge in [-0.1, -0.05) is 54.6 Å². The first kappa shape index (κ1) is 19.7. The zero-order valence-corrected chi connectivity index (χ0v) is 17.6. The molecule has 1 unspecified atom stereocenters. The Labute approximate surface area is 173 Å². The predicted molar refractivity (Wildman–Crippen MR) is 120 cm³/mol. The molecule has 150 valence electrons. The normalized spacial score (nSPS) is 15.3. The van der Waals surface area contributed by atoms with E-state index in [1.807, 2.05) is 18.2 Å². The van der Waals surface area contributed by atoms with Gasteiger partial charge in [-0.3, -0.25) is 0 Å². The minimum absolute atomic E-state index is 0.563. The van der Waals surface area contributed by atoms with Crippen molar-refractivity contribution in [1.29, 1.82) is 4.78 Å². The fourth-order valence-corrected chi connectivity index (χ4v) is 5.25. The molecule has 4 rings (SSSR count). The van der Waals surface area contributed by atoms with Gasteiger partial charge in [-0.25, -0.2) is 13.3 Å². The van der Waals surface area contributed by atoms with Crippen LogP contribution in [0.3, 0.4) is 0 Å². The summed E-state index contributed by atoms with van der Waals surface area (Å²) in [6.45, 7) is 1.42. The Bertz CT molecular complexity index is 1030. The highest BCUT2D eigenvalue weighted by atomic mass is 32.2. The lowest BCUT2D eigenvalue weighted by atomic mass is 10.0. The molecule has 4 nitrogen and oxygen atoms in total. The average molecular weight is 406 g/mol.